The number of amides is 1. The zero-order chi connectivity index (χ0) is 14.1. The van der Waals surface area contributed by atoms with E-state index in [4.69, 9.17) is 5.73 Å². The van der Waals surface area contributed by atoms with Crippen LogP contribution in [-0.4, -0.2) is 34.0 Å². The highest BCUT2D eigenvalue weighted by molar-refractivity contribution is 5.79. The minimum absolute atomic E-state index is 0.00754. The Hall–Kier alpha value is -1.43. The lowest BCUT2D eigenvalue weighted by atomic mass is 10.2. The van der Waals surface area contributed by atoms with Crippen LogP contribution in [0.3, 0.4) is 0 Å². The molecule has 1 aromatic rings. The van der Waals surface area contributed by atoms with Crippen molar-refractivity contribution in [2.45, 2.75) is 52.0 Å². The van der Waals surface area contributed by atoms with Gasteiger partial charge in [0, 0.05) is 12.7 Å². The Morgan fingerprint density at radius 2 is 2.26 bits per heavy atom. The molecule has 0 saturated heterocycles. The van der Waals surface area contributed by atoms with Gasteiger partial charge in [-0.05, 0) is 39.2 Å². The molecule has 1 aromatic heterocycles. The van der Waals surface area contributed by atoms with Gasteiger partial charge in [-0.3, -0.25) is 4.79 Å². The van der Waals surface area contributed by atoms with E-state index in [-0.39, 0.29) is 11.9 Å². The van der Waals surface area contributed by atoms with Gasteiger partial charge in [-0.2, -0.15) is 0 Å². The van der Waals surface area contributed by atoms with E-state index < -0.39 is 0 Å². The van der Waals surface area contributed by atoms with Crippen LogP contribution in [0.5, 0.6) is 0 Å². The lowest BCUT2D eigenvalue weighted by Crippen LogP contribution is -2.31. The fourth-order valence-electron chi connectivity index (χ4n) is 1.72. The number of rotatable bonds is 9. The third-order valence-electron chi connectivity index (χ3n) is 3.05. The molecule has 6 heteroatoms. The fraction of sp³-hybridized carbons (Fsp3) is 0.769. The SMILES string of the molecule is CCCCNC(=O)C(C)n1cc(CCCCN)nn1. The predicted molar refractivity (Wildman–Crippen MR) is 74.6 cm³/mol. The van der Waals surface area contributed by atoms with Gasteiger partial charge in [-0.25, -0.2) is 4.68 Å². The van der Waals surface area contributed by atoms with Gasteiger partial charge in [-0.1, -0.05) is 18.6 Å². The van der Waals surface area contributed by atoms with Crippen LogP contribution in [0.2, 0.25) is 0 Å². The maximum atomic E-state index is 11.9. The number of nitrogens with two attached hydrogens (primary N) is 1. The van der Waals surface area contributed by atoms with Gasteiger partial charge in [0.1, 0.15) is 6.04 Å². The minimum Gasteiger partial charge on any atom is -0.354 e. The number of hydrogen-bond acceptors (Lipinski definition) is 4. The monoisotopic (exact) mass is 267 g/mol. The van der Waals surface area contributed by atoms with Gasteiger partial charge in [0.05, 0.1) is 5.69 Å². The van der Waals surface area contributed by atoms with Gasteiger partial charge in [0.15, 0.2) is 0 Å². The van der Waals surface area contributed by atoms with Crippen LogP contribution >= 0.6 is 0 Å². The van der Waals surface area contributed by atoms with Crippen molar-refractivity contribution in [2.24, 2.45) is 5.73 Å². The Balaban J connectivity index is 2.43. The predicted octanol–water partition coefficient (Wildman–Crippen LogP) is 1.04. The summed E-state index contributed by atoms with van der Waals surface area (Å²) in [6, 6.07) is -0.312. The summed E-state index contributed by atoms with van der Waals surface area (Å²) in [6.07, 6.45) is 6.78. The molecule has 0 spiro atoms. The number of nitrogens with one attached hydrogen (secondary N) is 1. The first-order valence-corrected chi connectivity index (χ1v) is 7.07. The van der Waals surface area contributed by atoms with E-state index in [0.29, 0.717) is 6.54 Å². The van der Waals surface area contributed by atoms with Crippen molar-refractivity contribution in [3.8, 4) is 0 Å². The van der Waals surface area contributed by atoms with Crippen molar-refractivity contribution in [1.82, 2.24) is 20.3 Å². The summed E-state index contributed by atoms with van der Waals surface area (Å²) in [6.45, 7) is 5.35. The molecule has 3 N–H and O–H groups in total. The molecule has 0 aliphatic heterocycles. The molecule has 6 nitrogen and oxygen atoms in total. The summed E-state index contributed by atoms with van der Waals surface area (Å²) in [4.78, 5) is 11.9. The third-order valence-corrected chi connectivity index (χ3v) is 3.05. The average molecular weight is 267 g/mol. The van der Waals surface area contributed by atoms with E-state index in [9.17, 15) is 4.79 Å². The van der Waals surface area contributed by atoms with Gasteiger partial charge >= 0.3 is 0 Å². The number of carbonyl (C=O) groups is 1. The van der Waals surface area contributed by atoms with E-state index in [1.807, 2.05) is 13.1 Å². The van der Waals surface area contributed by atoms with Crippen molar-refractivity contribution in [3.05, 3.63) is 11.9 Å². The molecule has 1 heterocycles. The lowest BCUT2D eigenvalue weighted by molar-refractivity contribution is -0.124. The summed E-state index contributed by atoms with van der Waals surface area (Å²) in [7, 11) is 0. The number of nitrogens with zero attached hydrogens (tertiary/aromatic N) is 3. The van der Waals surface area contributed by atoms with Crippen molar-refractivity contribution in [2.75, 3.05) is 13.1 Å². The highest BCUT2D eigenvalue weighted by atomic mass is 16.2. The molecule has 0 bridgehead atoms. The maximum absolute atomic E-state index is 11.9. The molecule has 0 aliphatic rings. The second-order valence-electron chi connectivity index (χ2n) is 4.76. The topological polar surface area (TPSA) is 85.8 Å². The van der Waals surface area contributed by atoms with Crippen LogP contribution in [0, 0.1) is 0 Å². The fourth-order valence-corrected chi connectivity index (χ4v) is 1.72. The quantitative estimate of drug-likeness (QED) is 0.654. The third kappa shape index (κ3) is 5.38. The number of hydrogen-bond donors (Lipinski definition) is 2. The summed E-state index contributed by atoms with van der Waals surface area (Å²) >= 11 is 0. The van der Waals surface area contributed by atoms with Crippen LogP contribution in [0.4, 0.5) is 0 Å². The molecular formula is C13H25N5O. The summed E-state index contributed by atoms with van der Waals surface area (Å²) in [5, 5.41) is 11.0. The number of carbonyl (C=O) groups excluding carboxylic acids is 1. The molecule has 1 amide bonds. The van der Waals surface area contributed by atoms with Crippen molar-refractivity contribution >= 4 is 5.91 Å². The minimum atomic E-state index is -0.312. The van der Waals surface area contributed by atoms with Gasteiger partial charge in [0.2, 0.25) is 5.91 Å². The molecule has 0 saturated carbocycles. The van der Waals surface area contributed by atoms with Crippen LogP contribution in [0.25, 0.3) is 0 Å². The molecular weight excluding hydrogens is 242 g/mol. The summed E-state index contributed by atoms with van der Waals surface area (Å²) in [5.74, 6) is -0.00754. The second-order valence-corrected chi connectivity index (χ2v) is 4.76. The van der Waals surface area contributed by atoms with Crippen LogP contribution in [0.1, 0.15) is 51.3 Å². The number of aryl methyl sites for hydroxylation is 1. The molecule has 1 unspecified atom stereocenters. The lowest BCUT2D eigenvalue weighted by Gasteiger charge is -2.11. The van der Waals surface area contributed by atoms with Crippen molar-refractivity contribution < 1.29 is 4.79 Å². The van der Waals surface area contributed by atoms with E-state index in [0.717, 1.165) is 44.3 Å². The van der Waals surface area contributed by atoms with Crippen LogP contribution in [-0.2, 0) is 11.2 Å². The Morgan fingerprint density at radius 3 is 2.95 bits per heavy atom. The molecule has 0 fully saturated rings. The van der Waals surface area contributed by atoms with E-state index in [1.54, 1.807) is 4.68 Å². The second kappa shape index (κ2) is 8.63. The number of unbranched alkanes of at least 4 members (excludes halogenated alkanes) is 2. The van der Waals surface area contributed by atoms with Crippen molar-refractivity contribution in [1.29, 1.82) is 0 Å². The van der Waals surface area contributed by atoms with E-state index in [1.165, 1.54) is 0 Å². The first kappa shape index (κ1) is 15.6. The zero-order valence-electron chi connectivity index (χ0n) is 11.9. The Bertz CT molecular complexity index is 377. The Morgan fingerprint density at radius 1 is 1.47 bits per heavy atom. The Labute approximate surface area is 114 Å². The first-order chi connectivity index (χ1) is 9.19. The zero-order valence-corrected chi connectivity index (χ0v) is 11.9. The molecule has 0 aliphatic carbocycles. The summed E-state index contributed by atoms with van der Waals surface area (Å²) in [5.41, 5.74) is 6.37. The van der Waals surface area contributed by atoms with Gasteiger partial charge in [-0.15, -0.1) is 5.10 Å². The molecule has 0 radical (unpaired) electrons. The standard InChI is InChI=1S/C13H25N5O/c1-3-4-9-15-13(19)11(2)18-10-12(16-17-18)7-5-6-8-14/h10-11H,3-9,14H2,1-2H3,(H,15,19). The normalized spacial score (nSPS) is 12.4. The number of aromatic nitrogens is 3. The first-order valence-electron chi connectivity index (χ1n) is 7.07. The van der Waals surface area contributed by atoms with Gasteiger partial charge in [0.25, 0.3) is 0 Å². The van der Waals surface area contributed by atoms with Gasteiger partial charge < -0.3 is 11.1 Å². The molecule has 19 heavy (non-hydrogen) atoms. The maximum Gasteiger partial charge on any atom is 0.244 e. The van der Waals surface area contributed by atoms with Crippen LogP contribution in [0.15, 0.2) is 6.20 Å². The molecule has 1 rings (SSSR count). The highest BCUT2D eigenvalue weighted by Gasteiger charge is 2.15. The van der Waals surface area contributed by atoms with Crippen LogP contribution < -0.4 is 11.1 Å². The van der Waals surface area contributed by atoms with E-state index >= 15 is 0 Å². The Kier molecular flexibility index (Phi) is 7.10. The average Bonchev–Trinajstić information content (AvgIpc) is 2.87. The smallest absolute Gasteiger partial charge is 0.244 e. The molecule has 108 valence electrons. The molecule has 1 atom stereocenters. The van der Waals surface area contributed by atoms with Crippen molar-refractivity contribution in [3.63, 3.8) is 0 Å². The molecule has 0 aromatic carbocycles. The largest absolute Gasteiger partial charge is 0.354 e. The highest BCUT2D eigenvalue weighted by Crippen LogP contribution is 2.07. The summed E-state index contributed by atoms with van der Waals surface area (Å²) < 4.78 is 1.62. The van der Waals surface area contributed by atoms with E-state index in [2.05, 4.69) is 22.6 Å².